The van der Waals surface area contributed by atoms with E-state index in [1.54, 1.807) is 31.3 Å². The lowest BCUT2D eigenvalue weighted by atomic mass is 10.1. The number of nitrogens with zero attached hydrogens (tertiary/aromatic N) is 2. The van der Waals surface area contributed by atoms with Gasteiger partial charge in [-0.15, -0.1) is 11.3 Å². The van der Waals surface area contributed by atoms with Gasteiger partial charge in [-0.25, -0.2) is 9.78 Å². The standard InChI is InChI=1S/C15H16N2O3S2/c1-10-8-21-15(16-10)22-9-13(18)17(2)12-7-5-4-6-11(12)14(19)20-3/h4-8H,9H2,1-3H3. The molecule has 0 N–H and O–H groups in total. The number of carbonyl (C=O) groups is 2. The third-order valence-electron chi connectivity index (χ3n) is 2.96. The molecule has 2 aromatic rings. The lowest BCUT2D eigenvalue weighted by Gasteiger charge is -2.19. The fourth-order valence-electron chi connectivity index (χ4n) is 1.80. The zero-order valence-corrected chi connectivity index (χ0v) is 14.2. The SMILES string of the molecule is COC(=O)c1ccccc1N(C)C(=O)CSc1nc(C)cs1. The van der Waals surface area contributed by atoms with E-state index in [4.69, 9.17) is 4.74 Å². The Labute approximate surface area is 137 Å². The molecule has 5 nitrogen and oxygen atoms in total. The molecule has 0 bridgehead atoms. The van der Waals surface area contributed by atoms with Crippen molar-refractivity contribution in [3.63, 3.8) is 0 Å². The Hall–Kier alpha value is -1.86. The summed E-state index contributed by atoms with van der Waals surface area (Å²) in [6, 6.07) is 6.88. The van der Waals surface area contributed by atoms with E-state index >= 15 is 0 Å². The Kier molecular flexibility index (Phi) is 5.57. The van der Waals surface area contributed by atoms with Crippen molar-refractivity contribution in [3.8, 4) is 0 Å². The molecule has 2 rings (SSSR count). The molecule has 116 valence electrons. The van der Waals surface area contributed by atoms with Crippen molar-refractivity contribution in [2.75, 3.05) is 24.8 Å². The van der Waals surface area contributed by atoms with Gasteiger partial charge < -0.3 is 9.64 Å². The van der Waals surface area contributed by atoms with E-state index in [-0.39, 0.29) is 11.7 Å². The summed E-state index contributed by atoms with van der Waals surface area (Å²) >= 11 is 2.91. The van der Waals surface area contributed by atoms with Gasteiger partial charge in [0.2, 0.25) is 5.91 Å². The van der Waals surface area contributed by atoms with Gasteiger partial charge in [-0.2, -0.15) is 0 Å². The summed E-state index contributed by atoms with van der Waals surface area (Å²) in [7, 11) is 2.97. The molecule has 0 atom stereocenters. The first kappa shape index (κ1) is 16.5. The number of hydrogen-bond donors (Lipinski definition) is 0. The first-order valence-corrected chi connectivity index (χ1v) is 8.38. The number of anilines is 1. The van der Waals surface area contributed by atoms with Crippen LogP contribution in [0.2, 0.25) is 0 Å². The summed E-state index contributed by atoms with van der Waals surface area (Å²) in [5.74, 6) is -0.299. The fraction of sp³-hybridized carbons (Fsp3) is 0.267. The van der Waals surface area contributed by atoms with Crippen LogP contribution in [0.4, 0.5) is 5.69 Å². The van der Waals surface area contributed by atoms with Crippen molar-refractivity contribution in [2.24, 2.45) is 0 Å². The maximum Gasteiger partial charge on any atom is 0.339 e. The van der Waals surface area contributed by atoms with Crippen molar-refractivity contribution in [1.29, 1.82) is 0 Å². The number of carbonyl (C=O) groups excluding carboxylic acids is 2. The van der Waals surface area contributed by atoms with Gasteiger partial charge in [0, 0.05) is 18.1 Å². The Morgan fingerprint density at radius 3 is 2.73 bits per heavy atom. The molecular formula is C15H16N2O3S2. The van der Waals surface area contributed by atoms with Crippen molar-refractivity contribution >= 4 is 40.7 Å². The number of rotatable bonds is 5. The van der Waals surface area contributed by atoms with Gasteiger partial charge >= 0.3 is 5.97 Å². The van der Waals surface area contributed by atoms with Gasteiger partial charge in [-0.3, -0.25) is 4.79 Å². The van der Waals surface area contributed by atoms with Crippen LogP contribution in [-0.4, -0.2) is 36.8 Å². The highest BCUT2D eigenvalue weighted by Crippen LogP contribution is 2.25. The molecule has 0 aliphatic carbocycles. The number of ether oxygens (including phenoxy) is 1. The largest absolute Gasteiger partial charge is 0.465 e. The van der Waals surface area contributed by atoms with E-state index in [1.807, 2.05) is 12.3 Å². The minimum atomic E-state index is -0.460. The second kappa shape index (κ2) is 7.42. The summed E-state index contributed by atoms with van der Waals surface area (Å²) in [4.78, 5) is 29.9. The first-order valence-electron chi connectivity index (χ1n) is 6.51. The minimum Gasteiger partial charge on any atom is -0.465 e. The van der Waals surface area contributed by atoms with Crippen LogP contribution in [0, 0.1) is 6.92 Å². The molecule has 1 aromatic heterocycles. The Bertz CT molecular complexity index is 685. The van der Waals surface area contributed by atoms with E-state index in [0.29, 0.717) is 11.3 Å². The van der Waals surface area contributed by atoms with Gasteiger partial charge in [-0.1, -0.05) is 23.9 Å². The van der Waals surface area contributed by atoms with Gasteiger partial charge in [-0.05, 0) is 19.1 Å². The van der Waals surface area contributed by atoms with Crippen LogP contribution in [0.25, 0.3) is 0 Å². The molecule has 0 radical (unpaired) electrons. The summed E-state index contributed by atoms with van der Waals surface area (Å²) in [5, 5.41) is 1.95. The summed E-state index contributed by atoms with van der Waals surface area (Å²) in [5.41, 5.74) is 1.86. The average Bonchev–Trinajstić information content (AvgIpc) is 2.96. The Morgan fingerprint density at radius 2 is 2.09 bits per heavy atom. The topological polar surface area (TPSA) is 59.5 Å². The van der Waals surface area contributed by atoms with E-state index < -0.39 is 5.97 Å². The fourth-order valence-corrected chi connectivity index (χ4v) is 3.57. The van der Waals surface area contributed by atoms with Crippen molar-refractivity contribution in [3.05, 3.63) is 40.9 Å². The molecule has 0 fully saturated rings. The van der Waals surface area contributed by atoms with E-state index in [2.05, 4.69) is 4.98 Å². The molecule has 1 aromatic carbocycles. The lowest BCUT2D eigenvalue weighted by Crippen LogP contribution is -2.29. The normalized spacial score (nSPS) is 10.3. The number of hydrogen-bond acceptors (Lipinski definition) is 6. The number of thiazole rings is 1. The molecule has 22 heavy (non-hydrogen) atoms. The van der Waals surface area contributed by atoms with Crippen molar-refractivity contribution in [2.45, 2.75) is 11.3 Å². The second-order valence-electron chi connectivity index (χ2n) is 4.50. The molecule has 0 saturated heterocycles. The van der Waals surface area contributed by atoms with Crippen LogP contribution in [0.5, 0.6) is 0 Å². The smallest absolute Gasteiger partial charge is 0.339 e. The van der Waals surface area contributed by atoms with Crippen LogP contribution in [-0.2, 0) is 9.53 Å². The van der Waals surface area contributed by atoms with Crippen LogP contribution >= 0.6 is 23.1 Å². The number of thioether (sulfide) groups is 1. The predicted octanol–water partition coefficient (Wildman–Crippen LogP) is 2.99. The summed E-state index contributed by atoms with van der Waals surface area (Å²) in [6.45, 7) is 1.92. The Morgan fingerprint density at radius 1 is 1.36 bits per heavy atom. The van der Waals surface area contributed by atoms with E-state index in [9.17, 15) is 9.59 Å². The molecule has 1 amide bonds. The number of methoxy groups -OCH3 is 1. The third-order valence-corrected chi connectivity index (χ3v) is 5.09. The molecule has 0 aliphatic heterocycles. The highest BCUT2D eigenvalue weighted by atomic mass is 32.2. The van der Waals surface area contributed by atoms with Crippen molar-refractivity contribution < 1.29 is 14.3 Å². The lowest BCUT2D eigenvalue weighted by molar-refractivity contribution is -0.115. The van der Waals surface area contributed by atoms with E-state index in [1.165, 1.54) is 35.1 Å². The quantitative estimate of drug-likeness (QED) is 0.620. The molecule has 0 saturated carbocycles. The predicted molar refractivity (Wildman–Crippen MR) is 88.8 cm³/mol. The highest BCUT2D eigenvalue weighted by Gasteiger charge is 2.19. The number of aryl methyl sites for hydroxylation is 1. The van der Waals surface area contributed by atoms with Crippen LogP contribution in [0.1, 0.15) is 16.1 Å². The third kappa shape index (κ3) is 3.86. The number of benzene rings is 1. The van der Waals surface area contributed by atoms with Crippen LogP contribution < -0.4 is 4.90 Å². The number of amides is 1. The van der Waals surface area contributed by atoms with Crippen LogP contribution in [0.15, 0.2) is 34.0 Å². The minimum absolute atomic E-state index is 0.103. The average molecular weight is 336 g/mol. The summed E-state index contributed by atoms with van der Waals surface area (Å²) in [6.07, 6.45) is 0. The first-order chi connectivity index (χ1) is 10.5. The molecule has 0 spiro atoms. The van der Waals surface area contributed by atoms with Crippen molar-refractivity contribution in [1.82, 2.24) is 4.98 Å². The van der Waals surface area contributed by atoms with Crippen LogP contribution in [0.3, 0.4) is 0 Å². The molecule has 1 heterocycles. The van der Waals surface area contributed by atoms with Gasteiger partial charge in [0.1, 0.15) is 0 Å². The molecule has 0 unspecified atom stereocenters. The second-order valence-corrected chi connectivity index (χ2v) is 6.59. The molecular weight excluding hydrogens is 320 g/mol. The number of esters is 1. The van der Waals surface area contributed by atoms with Gasteiger partial charge in [0.15, 0.2) is 4.34 Å². The Balaban J connectivity index is 2.09. The number of aromatic nitrogens is 1. The zero-order valence-electron chi connectivity index (χ0n) is 12.5. The van der Waals surface area contributed by atoms with Gasteiger partial charge in [0.05, 0.1) is 24.1 Å². The summed E-state index contributed by atoms with van der Waals surface area (Å²) < 4.78 is 5.61. The maximum absolute atomic E-state index is 12.3. The van der Waals surface area contributed by atoms with Gasteiger partial charge in [0.25, 0.3) is 0 Å². The molecule has 7 heteroatoms. The van der Waals surface area contributed by atoms with E-state index in [0.717, 1.165) is 10.0 Å². The number of para-hydroxylation sites is 1. The molecule has 0 aliphatic rings. The maximum atomic E-state index is 12.3. The zero-order chi connectivity index (χ0) is 16.1. The highest BCUT2D eigenvalue weighted by molar-refractivity contribution is 8.01. The monoisotopic (exact) mass is 336 g/mol.